The molecule has 0 aromatic heterocycles. The number of thiocarbonyl (C=S) groups is 1. The van der Waals surface area contributed by atoms with Gasteiger partial charge in [0.2, 0.25) is 11.8 Å². The second-order valence-electron chi connectivity index (χ2n) is 5.20. The number of primary amides is 1. The molecule has 18 heavy (non-hydrogen) atoms. The van der Waals surface area contributed by atoms with Gasteiger partial charge >= 0.3 is 0 Å². The molecule has 1 unspecified atom stereocenters. The normalized spacial score (nSPS) is 12.6. The number of hydrogen-bond donors (Lipinski definition) is 2. The molecule has 0 aliphatic carbocycles. The molecule has 0 bridgehead atoms. The molecule has 0 aromatic carbocycles. The Kier molecular flexibility index (Phi) is 6.83. The fourth-order valence-electron chi connectivity index (χ4n) is 1.79. The van der Waals surface area contributed by atoms with Crippen molar-refractivity contribution in [2.75, 3.05) is 13.1 Å². The Morgan fingerprint density at radius 3 is 1.94 bits per heavy atom. The molecule has 6 heteroatoms. The van der Waals surface area contributed by atoms with Crippen LogP contribution in [-0.2, 0) is 9.59 Å². The van der Waals surface area contributed by atoms with Gasteiger partial charge in [0.15, 0.2) is 0 Å². The van der Waals surface area contributed by atoms with Crippen LogP contribution in [0.4, 0.5) is 0 Å². The highest BCUT2D eigenvalue weighted by Gasteiger charge is 2.30. The van der Waals surface area contributed by atoms with E-state index < -0.39 is 11.8 Å². The van der Waals surface area contributed by atoms with Crippen molar-refractivity contribution in [1.82, 2.24) is 4.90 Å². The second-order valence-corrected chi connectivity index (χ2v) is 5.67. The molecule has 0 heterocycles. The van der Waals surface area contributed by atoms with E-state index in [0.717, 1.165) is 0 Å². The third-order valence-corrected chi connectivity index (χ3v) is 2.74. The van der Waals surface area contributed by atoms with Gasteiger partial charge in [-0.25, -0.2) is 0 Å². The Morgan fingerprint density at radius 1 is 1.17 bits per heavy atom. The summed E-state index contributed by atoms with van der Waals surface area (Å²) in [6.45, 7) is 8.05. The van der Waals surface area contributed by atoms with Gasteiger partial charge in [-0.05, 0) is 11.8 Å². The standard InChI is InChI=1S/C12H23N3O2S/c1-7(2)5-15(6-9(13)16)12(17)10(8(3)4)11(14)18/h7-8,10H,5-6H2,1-4H3,(H2,13,16)(H2,14,18). The van der Waals surface area contributed by atoms with Gasteiger partial charge in [0.1, 0.15) is 0 Å². The number of carbonyl (C=O) groups excluding carboxylic acids is 2. The third kappa shape index (κ3) is 5.44. The zero-order chi connectivity index (χ0) is 14.5. The maximum atomic E-state index is 12.3. The summed E-state index contributed by atoms with van der Waals surface area (Å²) in [7, 11) is 0. The van der Waals surface area contributed by atoms with E-state index in [-0.39, 0.29) is 29.3 Å². The van der Waals surface area contributed by atoms with Crippen LogP contribution in [0.25, 0.3) is 0 Å². The van der Waals surface area contributed by atoms with Crippen LogP contribution in [0.3, 0.4) is 0 Å². The lowest BCUT2D eigenvalue weighted by Gasteiger charge is -2.29. The molecule has 0 spiro atoms. The van der Waals surface area contributed by atoms with Crippen molar-refractivity contribution in [3.8, 4) is 0 Å². The van der Waals surface area contributed by atoms with Crippen LogP contribution in [0.2, 0.25) is 0 Å². The smallest absolute Gasteiger partial charge is 0.237 e. The molecule has 0 aliphatic rings. The largest absolute Gasteiger partial charge is 0.393 e. The summed E-state index contributed by atoms with van der Waals surface area (Å²) < 4.78 is 0. The lowest BCUT2D eigenvalue weighted by Crippen LogP contribution is -2.47. The molecule has 104 valence electrons. The van der Waals surface area contributed by atoms with E-state index in [4.69, 9.17) is 23.7 Å². The topological polar surface area (TPSA) is 89.4 Å². The summed E-state index contributed by atoms with van der Waals surface area (Å²) in [5.41, 5.74) is 10.8. The van der Waals surface area contributed by atoms with Crippen LogP contribution < -0.4 is 11.5 Å². The van der Waals surface area contributed by atoms with Crippen molar-refractivity contribution in [3.63, 3.8) is 0 Å². The number of nitrogens with zero attached hydrogens (tertiary/aromatic N) is 1. The predicted molar refractivity (Wildman–Crippen MR) is 75.7 cm³/mol. The molecule has 0 aliphatic heterocycles. The highest BCUT2D eigenvalue weighted by molar-refractivity contribution is 7.80. The Balaban J connectivity index is 5.01. The van der Waals surface area contributed by atoms with E-state index in [1.807, 2.05) is 27.7 Å². The monoisotopic (exact) mass is 273 g/mol. The van der Waals surface area contributed by atoms with Crippen molar-refractivity contribution in [2.45, 2.75) is 27.7 Å². The highest BCUT2D eigenvalue weighted by Crippen LogP contribution is 2.16. The molecule has 0 fully saturated rings. The average molecular weight is 273 g/mol. The van der Waals surface area contributed by atoms with Crippen molar-refractivity contribution >= 4 is 29.0 Å². The first-order chi connectivity index (χ1) is 8.16. The Hall–Kier alpha value is -1.17. The summed E-state index contributed by atoms with van der Waals surface area (Å²) in [5, 5.41) is 0. The van der Waals surface area contributed by atoms with Crippen LogP contribution in [0.15, 0.2) is 0 Å². The van der Waals surface area contributed by atoms with E-state index in [2.05, 4.69) is 0 Å². The van der Waals surface area contributed by atoms with E-state index in [1.54, 1.807) is 0 Å². The fraction of sp³-hybridized carbons (Fsp3) is 0.750. The van der Waals surface area contributed by atoms with Gasteiger partial charge in [0, 0.05) is 6.54 Å². The SMILES string of the molecule is CC(C)CN(CC(N)=O)C(=O)C(C(N)=S)C(C)C. The Bertz CT molecular complexity index is 329. The quantitative estimate of drug-likeness (QED) is 0.662. The summed E-state index contributed by atoms with van der Waals surface area (Å²) >= 11 is 4.93. The minimum atomic E-state index is -0.543. The van der Waals surface area contributed by atoms with Crippen molar-refractivity contribution in [3.05, 3.63) is 0 Å². The molecule has 4 N–H and O–H groups in total. The maximum Gasteiger partial charge on any atom is 0.237 e. The molecule has 1 atom stereocenters. The van der Waals surface area contributed by atoms with Crippen LogP contribution in [0.1, 0.15) is 27.7 Å². The van der Waals surface area contributed by atoms with Crippen molar-refractivity contribution in [1.29, 1.82) is 0 Å². The predicted octanol–water partition coefficient (Wildman–Crippen LogP) is 0.515. The number of carbonyl (C=O) groups is 2. The minimum absolute atomic E-state index is 0.00228. The number of rotatable bonds is 7. The molecule has 5 nitrogen and oxygen atoms in total. The summed E-state index contributed by atoms with van der Waals surface area (Å²) in [6.07, 6.45) is 0. The first-order valence-corrected chi connectivity index (χ1v) is 6.44. The van der Waals surface area contributed by atoms with E-state index >= 15 is 0 Å². The number of nitrogens with two attached hydrogens (primary N) is 2. The zero-order valence-electron chi connectivity index (χ0n) is 11.5. The van der Waals surface area contributed by atoms with Crippen molar-refractivity contribution in [2.24, 2.45) is 29.2 Å². The van der Waals surface area contributed by atoms with E-state index in [1.165, 1.54) is 4.90 Å². The highest BCUT2D eigenvalue weighted by atomic mass is 32.1. The van der Waals surface area contributed by atoms with Gasteiger partial charge in [0.05, 0.1) is 17.5 Å². The molecule has 0 aromatic rings. The summed E-state index contributed by atoms with van der Waals surface area (Å²) in [6, 6.07) is 0. The van der Waals surface area contributed by atoms with Gasteiger partial charge in [0.25, 0.3) is 0 Å². The number of amides is 2. The lowest BCUT2D eigenvalue weighted by molar-refractivity contribution is -0.138. The fourth-order valence-corrected chi connectivity index (χ4v) is 2.17. The summed E-state index contributed by atoms with van der Waals surface area (Å²) in [5.74, 6) is -1.05. The molecule has 0 radical (unpaired) electrons. The minimum Gasteiger partial charge on any atom is -0.393 e. The Morgan fingerprint density at radius 2 is 1.67 bits per heavy atom. The molecule has 0 saturated carbocycles. The number of hydrogen-bond acceptors (Lipinski definition) is 3. The van der Waals surface area contributed by atoms with Crippen LogP contribution in [0.5, 0.6) is 0 Å². The lowest BCUT2D eigenvalue weighted by atomic mass is 9.94. The van der Waals surface area contributed by atoms with Gasteiger partial charge in [-0.1, -0.05) is 39.9 Å². The van der Waals surface area contributed by atoms with E-state index in [9.17, 15) is 9.59 Å². The molecule has 0 rings (SSSR count). The van der Waals surface area contributed by atoms with Crippen LogP contribution >= 0.6 is 12.2 Å². The zero-order valence-corrected chi connectivity index (χ0v) is 12.3. The molecule has 0 saturated heterocycles. The second kappa shape index (κ2) is 7.31. The summed E-state index contributed by atoms with van der Waals surface area (Å²) in [4.78, 5) is 25.0. The first kappa shape index (κ1) is 16.8. The van der Waals surface area contributed by atoms with Gasteiger partial charge in [-0.15, -0.1) is 0 Å². The van der Waals surface area contributed by atoms with Crippen LogP contribution in [-0.4, -0.2) is 34.8 Å². The maximum absolute atomic E-state index is 12.3. The third-order valence-electron chi connectivity index (χ3n) is 2.48. The van der Waals surface area contributed by atoms with Gasteiger partial charge < -0.3 is 16.4 Å². The molecule has 2 amide bonds. The van der Waals surface area contributed by atoms with Gasteiger partial charge in [-0.2, -0.15) is 0 Å². The first-order valence-electron chi connectivity index (χ1n) is 6.03. The van der Waals surface area contributed by atoms with E-state index in [0.29, 0.717) is 6.54 Å². The van der Waals surface area contributed by atoms with Crippen molar-refractivity contribution < 1.29 is 9.59 Å². The van der Waals surface area contributed by atoms with Gasteiger partial charge in [-0.3, -0.25) is 9.59 Å². The molecular formula is C12H23N3O2S. The van der Waals surface area contributed by atoms with Crippen LogP contribution in [0, 0.1) is 17.8 Å². The average Bonchev–Trinajstić information content (AvgIpc) is 2.13. The molecular weight excluding hydrogens is 250 g/mol. The Labute approximate surface area is 114 Å².